The zero-order valence-corrected chi connectivity index (χ0v) is 20.2. The van der Waals surface area contributed by atoms with Crippen LogP contribution in [0.15, 0.2) is 53.9 Å². The highest BCUT2D eigenvalue weighted by molar-refractivity contribution is 7.90. The Hall–Kier alpha value is -3.44. The Bertz CT molecular complexity index is 1310. The van der Waals surface area contributed by atoms with E-state index in [4.69, 9.17) is 9.47 Å². The molecule has 35 heavy (non-hydrogen) atoms. The van der Waals surface area contributed by atoms with Crippen LogP contribution in [-0.2, 0) is 9.84 Å². The number of carbonyl (C=O) groups excluding carboxylic acids is 1. The molecule has 0 unspecified atom stereocenters. The number of ether oxygens (including phenoxy) is 2. The summed E-state index contributed by atoms with van der Waals surface area (Å²) < 4.78 is 49.3. The minimum atomic E-state index is -3.54. The van der Waals surface area contributed by atoms with Crippen LogP contribution in [0.4, 0.5) is 4.39 Å². The molecule has 1 fully saturated rings. The topological polar surface area (TPSA) is 112 Å². The van der Waals surface area contributed by atoms with Gasteiger partial charge in [-0.3, -0.25) is 14.7 Å². The molecule has 0 radical (unpaired) electrons. The average molecular weight is 501 g/mol. The Balaban J connectivity index is 1.36. The van der Waals surface area contributed by atoms with Crippen molar-refractivity contribution in [2.75, 3.05) is 25.9 Å². The second-order valence-electron chi connectivity index (χ2n) is 8.33. The van der Waals surface area contributed by atoms with Gasteiger partial charge in [-0.2, -0.15) is 0 Å². The van der Waals surface area contributed by atoms with Crippen molar-refractivity contribution in [2.45, 2.75) is 30.8 Å². The molecule has 0 bridgehead atoms. The molecule has 0 spiro atoms. The minimum Gasteiger partial charge on any atom is -0.474 e. The monoisotopic (exact) mass is 500 g/mol. The third-order valence-electron chi connectivity index (χ3n) is 5.69. The smallest absolute Gasteiger partial charge is 0.229 e. The minimum absolute atomic E-state index is 0.0303. The van der Waals surface area contributed by atoms with Crippen LogP contribution in [0.2, 0.25) is 0 Å². The van der Waals surface area contributed by atoms with Crippen LogP contribution in [0, 0.1) is 12.7 Å². The highest BCUT2D eigenvalue weighted by atomic mass is 32.2. The van der Waals surface area contributed by atoms with E-state index in [0.29, 0.717) is 49.5 Å². The van der Waals surface area contributed by atoms with Crippen molar-refractivity contribution in [1.82, 2.24) is 19.9 Å². The summed E-state index contributed by atoms with van der Waals surface area (Å²) in [5, 5.41) is 0. The molecule has 1 aliphatic heterocycles. The predicted octanol–water partition coefficient (Wildman–Crippen LogP) is 3.24. The summed E-state index contributed by atoms with van der Waals surface area (Å²) in [7, 11) is -3.54. The van der Waals surface area contributed by atoms with Crippen molar-refractivity contribution < 1.29 is 27.1 Å². The zero-order chi connectivity index (χ0) is 25.0. The second-order valence-corrected chi connectivity index (χ2v) is 10.3. The van der Waals surface area contributed by atoms with E-state index in [-0.39, 0.29) is 28.4 Å². The Morgan fingerprint density at radius 2 is 1.91 bits per heavy atom. The van der Waals surface area contributed by atoms with Crippen molar-refractivity contribution in [2.24, 2.45) is 0 Å². The molecular weight excluding hydrogens is 475 g/mol. The Morgan fingerprint density at radius 1 is 1.17 bits per heavy atom. The van der Waals surface area contributed by atoms with Crippen LogP contribution in [0.5, 0.6) is 17.5 Å². The molecule has 1 aliphatic rings. The first-order valence-electron chi connectivity index (χ1n) is 11.0. The van der Waals surface area contributed by atoms with Gasteiger partial charge in [0.1, 0.15) is 12.4 Å². The lowest BCUT2D eigenvalue weighted by Crippen LogP contribution is -2.41. The lowest BCUT2D eigenvalue weighted by atomic mass is 10.1. The third kappa shape index (κ3) is 6.17. The molecule has 3 aromatic rings. The van der Waals surface area contributed by atoms with Gasteiger partial charge in [-0.15, -0.1) is 0 Å². The predicted molar refractivity (Wildman–Crippen MR) is 125 cm³/mol. The second kappa shape index (κ2) is 10.4. The zero-order valence-electron chi connectivity index (χ0n) is 19.3. The highest BCUT2D eigenvalue weighted by Gasteiger charge is 2.24. The summed E-state index contributed by atoms with van der Waals surface area (Å²) in [6.07, 6.45) is 6.79. The molecule has 0 atom stereocenters. The van der Waals surface area contributed by atoms with Gasteiger partial charge in [0, 0.05) is 37.3 Å². The van der Waals surface area contributed by atoms with Crippen LogP contribution in [0.1, 0.15) is 28.8 Å². The molecule has 1 saturated heterocycles. The van der Waals surface area contributed by atoms with Gasteiger partial charge in [-0.05, 0) is 50.1 Å². The molecule has 0 N–H and O–H groups in total. The van der Waals surface area contributed by atoms with Gasteiger partial charge in [0.2, 0.25) is 11.8 Å². The van der Waals surface area contributed by atoms with E-state index >= 15 is 0 Å². The fraction of sp³-hybridized carbons (Fsp3) is 0.333. The number of likely N-dealkylation sites (tertiary alicyclic amines) is 1. The molecule has 11 heteroatoms. The number of hydrogen-bond donors (Lipinski definition) is 0. The molecule has 0 amide bonds. The lowest BCUT2D eigenvalue weighted by Gasteiger charge is -2.31. The van der Waals surface area contributed by atoms with Crippen LogP contribution < -0.4 is 9.47 Å². The Labute approximate surface area is 202 Å². The summed E-state index contributed by atoms with van der Waals surface area (Å²) in [5.41, 5.74) is 1.09. The van der Waals surface area contributed by atoms with E-state index in [1.807, 2.05) is 0 Å². The summed E-state index contributed by atoms with van der Waals surface area (Å²) in [4.78, 5) is 26.6. The molecule has 184 valence electrons. The van der Waals surface area contributed by atoms with Crippen LogP contribution in [0.25, 0.3) is 0 Å². The van der Waals surface area contributed by atoms with Crippen molar-refractivity contribution in [1.29, 1.82) is 0 Å². The van der Waals surface area contributed by atoms with Crippen LogP contribution in [-0.4, -0.2) is 66.0 Å². The summed E-state index contributed by atoms with van der Waals surface area (Å²) in [6.45, 7) is 3.42. The van der Waals surface area contributed by atoms with Gasteiger partial charge in [0.25, 0.3) is 0 Å². The number of rotatable bonds is 8. The number of hydrogen-bond acceptors (Lipinski definition) is 9. The Kier molecular flexibility index (Phi) is 7.37. The molecule has 0 aliphatic carbocycles. The number of Topliss-reactive ketones (excluding diaryl/α,β-unsaturated/α-hetero) is 1. The van der Waals surface area contributed by atoms with Crippen molar-refractivity contribution in [3.8, 4) is 17.5 Å². The van der Waals surface area contributed by atoms with E-state index < -0.39 is 15.7 Å². The number of sulfone groups is 1. The maximum Gasteiger partial charge on any atom is 0.229 e. The Morgan fingerprint density at radius 3 is 2.57 bits per heavy atom. The van der Waals surface area contributed by atoms with E-state index in [9.17, 15) is 17.6 Å². The van der Waals surface area contributed by atoms with Gasteiger partial charge in [-0.1, -0.05) is 0 Å². The fourth-order valence-corrected chi connectivity index (χ4v) is 4.34. The number of benzene rings is 1. The van der Waals surface area contributed by atoms with Gasteiger partial charge < -0.3 is 9.47 Å². The molecule has 9 nitrogen and oxygen atoms in total. The number of piperidine rings is 1. The van der Waals surface area contributed by atoms with Gasteiger partial charge in [0.15, 0.2) is 27.2 Å². The van der Waals surface area contributed by atoms with Gasteiger partial charge in [0.05, 0.1) is 17.0 Å². The third-order valence-corrected chi connectivity index (χ3v) is 6.80. The molecular formula is C24H25FN4O5S. The first kappa shape index (κ1) is 24.7. The molecule has 4 rings (SSSR count). The highest BCUT2D eigenvalue weighted by Crippen LogP contribution is 2.31. The summed E-state index contributed by atoms with van der Waals surface area (Å²) >= 11 is 0. The van der Waals surface area contributed by atoms with Gasteiger partial charge >= 0.3 is 0 Å². The van der Waals surface area contributed by atoms with E-state index in [1.165, 1.54) is 18.5 Å². The van der Waals surface area contributed by atoms with E-state index in [1.54, 1.807) is 31.5 Å². The maximum absolute atomic E-state index is 14.4. The van der Waals surface area contributed by atoms with Crippen molar-refractivity contribution in [3.05, 3.63) is 66.0 Å². The van der Waals surface area contributed by atoms with Gasteiger partial charge in [-0.25, -0.2) is 22.8 Å². The molecule has 0 saturated carbocycles. The number of carbonyl (C=O) groups is 1. The SMILES string of the molecule is Cc1c(Oc2ccc(S(C)(=O)=O)cc2F)ncnc1OC1CCN(CC(=O)c2cccnc2)CC1. The summed E-state index contributed by atoms with van der Waals surface area (Å²) in [5.74, 6) is -0.505. The normalized spacial score (nSPS) is 15.1. The summed E-state index contributed by atoms with van der Waals surface area (Å²) in [6, 6.07) is 6.93. The fourth-order valence-electron chi connectivity index (χ4n) is 3.70. The number of pyridine rings is 1. The number of nitrogens with zero attached hydrogens (tertiary/aromatic N) is 4. The quantitative estimate of drug-likeness (QED) is 0.430. The first-order chi connectivity index (χ1) is 16.7. The van der Waals surface area contributed by atoms with Crippen LogP contribution in [0.3, 0.4) is 0 Å². The van der Waals surface area contributed by atoms with Crippen LogP contribution >= 0.6 is 0 Å². The number of aromatic nitrogens is 3. The number of ketones is 1. The molecule has 1 aromatic carbocycles. The molecule has 3 heterocycles. The van der Waals surface area contributed by atoms with Crippen molar-refractivity contribution >= 4 is 15.6 Å². The number of halogens is 1. The largest absolute Gasteiger partial charge is 0.474 e. The average Bonchev–Trinajstić information content (AvgIpc) is 2.84. The lowest BCUT2D eigenvalue weighted by molar-refractivity contribution is 0.0774. The van der Waals surface area contributed by atoms with Crippen molar-refractivity contribution in [3.63, 3.8) is 0 Å². The first-order valence-corrected chi connectivity index (χ1v) is 12.9. The standard InChI is InChI=1S/C24H25FN4O5S/c1-16-23(27-15-28-24(16)34-22-6-5-19(12-20(22)25)35(2,31)32)33-18-7-10-29(11-8-18)14-21(30)17-4-3-9-26-13-17/h3-6,9,12-13,15,18H,7-8,10-11,14H2,1-2H3. The van der Waals surface area contributed by atoms with E-state index in [0.717, 1.165) is 12.3 Å². The molecule has 2 aromatic heterocycles. The van der Waals surface area contributed by atoms with E-state index in [2.05, 4.69) is 19.9 Å². The maximum atomic E-state index is 14.4.